The molecule has 0 radical (unpaired) electrons. The molecule has 2 aromatic rings. The number of fused-ring (bicyclic) bond motifs is 1. The molecular weight excluding hydrogens is 441 g/mol. The molecule has 4 bridgehead atoms. The van der Waals surface area contributed by atoms with Crippen molar-refractivity contribution in [1.82, 2.24) is 14.9 Å². The minimum absolute atomic E-state index is 0.192. The van der Waals surface area contributed by atoms with Gasteiger partial charge < -0.3 is 10.1 Å². The number of hydrogen-bond donors (Lipinski definition) is 1. The van der Waals surface area contributed by atoms with Crippen LogP contribution in [0.2, 0.25) is 0 Å². The second-order valence-corrected chi connectivity index (χ2v) is 11.1. The molecule has 0 atom stereocenters. The second-order valence-electron chi connectivity index (χ2n) is 11.1. The molecule has 0 amide bonds. The number of hydrogen-bond acceptors (Lipinski definition) is 5. The van der Waals surface area contributed by atoms with E-state index in [9.17, 15) is 13.2 Å². The Morgan fingerprint density at radius 3 is 2.32 bits per heavy atom. The minimum atomic E-state index is -4.67. The molecule has 1 aromatic carbocycles. The van der Waals surface area contributed by atoms with Crippen LogP contribution in [0.1, 0.15) is 55.3 Å². The highest BCUT2D eigenvalue weighted by Crippen LogP contribution is 2.59. The Hall–Kier alpha value is -2.35. The summed E-state index contributed by atoms with van der Waals surface area (Å²) in [6.45, 7) is 3.26. The normalized spacial score (nSPS) is 30.3. The van der Waals surface area contributed by atoms with Crippen LogP contribution < -0.4 is 10.1 Å². The number of nitrogens with one attached hydrogen (secondary N) is 1. The van der Waals surface area contributed by atoms with Crippen LogP contribution in [-0.4, -0.2) is 34.3 Å². The lowest BCUT2D eigenvalue weighted by molar-refractivity contribution is -0.274. The zero-order valence-corrected chi connectivity index (χ0v) is 19.3. The summed E-state index contributed by atoms with van der Waals surface area (Å²) in [4.78, 5) is 11.4. The molecule has 5 aliphatic rings. The molecule has 4 fully saturated rings. The fourth-order valence-electron chi connectivity index (χ4n) is 7.53. The Bertz CT molecular complexity index is 1000. The summed E-state index contributed by atoms with van der Waals surface area (Å²) in [6.07, 6.45) is 6.35. The molecule has 0 saturated heterocycles. The van der Waals surface area contributed by atoms with Crippen molar-refractivity contribution in [1.29, 1.82) is 0 Å². The predicted octanol–water partition coefficient (Wildman–Crippen LogP) is 5.56. The molecule has 34 heavy (non-hydrogen) atoms. The summed E-state index contributed by atoms with van der Waals surface area (Å²) >= 11 is 0. The maximum absolute atomic E-state index is 12.4. The third-order valence-electron chi connectivity index (χ3n) is 8.45. The molecule has 8 heteroatoms. The van der Waals surface area contributed by atoms with Gasteiger partial charge in [0.15, 0.2) is 0 Å². The average Bonchev–Trinajstić information content (AvgIpc) is 2.77. The Kier molecular flexibility index (Phi) is 5.47. The first kappa shape index (κ1) is 22.1. The number of aromatic nitrogens is 2. The van der Waals surface area contributed by atoms with Gasteiger partial charge in [0.1, 0.15) is 17.9 Å². The zero-order valence-electron chi connectivity index (χ0n) is 19.3. The van der Waals surface area contributed by atoms with Crippen LogP contribution in [0.3, 0.4) is 0 Å². The average molecular weight is 473 g/mol. The van der Waals surface area contributed by atoms with E-state index in [1.807, 2.05) is 0 Å². The van der Waals surface area contributed by atoms with Gasteiger partial charge in [0.05, 0.1) is 5.69 Å². The van der Waals surface area contributed by atoms with E-state index in [0.717, 1.165) is 54.3 Å². The van der Waals surface area contributed by atoms with Gasteiger partial charge in [0.2, 0.25) is 0 Å². The molecule has 2 heterocycles. The van der Waals surface area contributed by atoms with Gasteiger partial charge in [-0.2, -0.15) is 0 Å². The van der Waals surface area contributed by atoms with Crippen LogP contribution in [0.15, 0.2) is 30.6 Å². The first-order valence-corrected chi connectivity index (χ1v) is 12.5. The van der Waals surface area contributed by atoms with Gasteiger partial charge in [-0.25, -0.2) is 9.97 Å². The Morgan fingerprint density at radius 2 is 1.68 bits per heavy atom. The van der Waals surface area contributed by atoms with Crippen molar-refractivity contribution in [3.63, 3.8) is 0 Å². The third kappa shape index (κ3) is 4.61. The fraction of sp³-hybridized carbons (Fsp3) is 0.615. The van der Waals surface area contributed by atoms with Crippen molar-refractivity contribution >= 4 is 5.82 Å². The van der Waals surface area contributed by atoms with Crippen molar-refractivity contribution in [2.45, 2.75) is 64.4 Å². The zero-order chi connectivity index (χ0) is 23.3. The molecule has 4 saturated carbocycles. The van der Waals surface area contributed by atoms with Crippen molar-refractivity contribution < 1.29 is 17.9 Å². The van der Waals surface area contributed by atoms with E-state index in [0.29, 0.717) is 18.5 Å². The van der Waals surface area contributed by atoms with Gasteiger partial charge in [0, 0.05) is 31.7 Å². The van der Waals surface area contributed by atoms with E-state index >= 15 is 0 Å². The molecule has 1 aromatic heterocycles. The molecule has 1 N–H and O–H groups in total. The van der Waals surface area contributed by atoms with Gasteiger partial charge in [-0.05, 0) is 85.8 Å². The largest absolute Gasteiger partial charge is 0.573 e. The van der Waals surface area contributed by atoms with E-state index < -0.39 is 6.36 Å². The van der Waals surface area contributed by atoms with Crippen LogP contribution in [0.4, 0.5) is 19.0 Å². The first-order chi connectivity index (χ1) is 16.3. The molecule has 4 aliphatic carbocycles. The Morgan fingerprint density at radius 1 is 1.00 bits per heavy atom. The summed E-state index contributed by atoms with van der Waals surface area (Å²) in [5, 5.41) is 3.74. The Labute approximate surface area is 198 Å². The van der Waals surface area contributed by atoms with Gasteiger partial charge >= 0.3 is 6.36 Å². The maximum atomic E-state index is 12.4. The van der Waals surface area contributed by atoms with E-state index in [4.69, 9.17) is 0 Å². The number of nitrogens with zero attached hydrogens (tertiary/aromatic N) is 3. The van der Waals surface area contributed by atoms with E-state index in [-0.39, 0.29) is 5.75 Å². The lowest BCUT2D eigenvalue weighted by atomic mass is 9.49. The highest BCUT2D eigenvalue weighted by atomic mass is 19.4. The number of alkyl halides is 3. The van der Waals surface area contributed by atoms with Gasteiger partial charge in [-0.3, -0.25) is 4.90 Å². The summed E-state index contributed by atoms with van der Waals surface area (Å²) in [5.74, 6) is 3.62. The fourth-order valence-corrected chi connectivity index (χ4v) is 7.53. The number of benzene rings is 1. The smallest absolute Gasteiger partial charge is 0.406 e. The number of anilines is 1. The summed E-state index contributed by atoms with van der Waals surface area (Å²) < 4.78 is 41.1. The molecule has 0 spiro atoms. The molecule has 0 unspecified atom stereocenters. The van der Waals surface area contributed by atoms with Crippen LogP contribution in [-0.2, 0) is 19.5 Å². The van der Waals surface area contributed by atoms with Crippen molar-refractivity contribution in [3.05, 3.63) is 47.4 Å². The standard InChI is InChI=1S/C26H31F3N4O/c27-26(28,29)34-21-3-1-17(2-4-21)13-33-6-5-22-23(14-33)31-16-32-24(22)30-15-25-10-18-7-19(11-25)9-20(8-18)12-25/h1-4,16,18-20H,5-15H2,(H,30,31,32). The van der Waals surface area contributed by atoms with Crippen molar-refractivity contribution in [2.75, 3.05) is 18.4 Å². The van der Waals surface area contributed by atoms with Crippen molar-refractivity contribution in [3.8, 4) is 5.75 Å². The highest BCUT2D eigenvalue weighted by molar-refractivity contribution is 5.47. The lowest BCUT2D eigenvalue weighted by Gasteiger charge is -2.57. The SMILES string of the molecule is FC(F)(F)Oc1ccc(CN2CCc3c(ncnc3NCC34CC5CC(CC(C5)C3)C4)C2)cc1. The van der Waals surface area contributed by atoms with Gasteiger partial charge in [-0.15, -0.1) is 13.2 Å². The Balaban J connectivity index is 1.09. The van der Waals surface area contributed by atoms with E-state index in [2.05, 4.69) is 24.9 Å². The number of halogens is 3. The van der Waals surface area contributed by atoms with Gasteiger partial charge in [0.25, 0.3) is 0 Å². The first-order valence-electron chi connectivity index (χ1n) is 12.5. The number of rotatable bonds is 6. The highest BCUT2D eigenvalue weighted by Gasteiger charge is 2.50. The van der Waals surface area contributed by atoms with Crippen LogP contribution in [0, 0.1) is 23.2 Å². The maximum Gasteiger partial charge on any atom is 0.573 e. The molecule has 7 rings (SSSR count). The summed E-state index contributed by atoms with van der Waals surface area (Å²) in [5.41, 5.74) is 3.67. The molecular formula is C26H31F3N4O. The minimum Gasteiger partial charge on any atom is -0.406 e. The van der Waals surface area contributed by atoms with E-state index in [1.54, 1.807) is 18.5 Å². The monoisotopic (exact) mass is 472 g/mol. The van der Waals surface area contributed by atoms with Crippen LogP contribution in [0.25, 0.3) is 0 Å². The summed E-state index contributed by atoms with van der Waals surface area (Å²) in [6, 6.07) is 6.12. The summed E-state index contributed by atoms with van der Waals surface area (Å²) in [7, 11) is 0. The van der Waals surface area contributed by atoms with E-state index in [1.165, 1.54) is 56.2 Å². The number of ether oxygens (including phenoxy) is 1. The van der Waals surface area contributed by atoms with Crippen LogP contribution in [0.5, 0.6) is 5.75 Å². The second kappa shape index (κ2) is 8.40. The van der Waals surface area contributed by atoms with Gasteiger partial charge in [-0.1, -0.05) is 12.1 Å². The molecule has 182 valence electrons. The predicted molar refractivity (Wildman–Crippen MR) is 122 cm³/mol. The molecule has 1 aliphatic heterocycles. The topological polar surface area (TPSA) is 50.3 Å². The quantitative estimate of drug-likeness (QED) is 0.596. The van der Waals surface area contributed by atoms with Crippen molar-refractivity contribution in [2.24, 2.45) is 23.2 Å². The lowest BCUT2D eigenvalue weighted by Crippen LogP contribution is -2.49. The third-order valence-corrected chi connectivity index (χ3v) is 8.45. The molecule has 5 nitrogen and oxygen atoms in total. The van der Waals surface area contributed by atoms with Crippen LogP contribution >= 0.6 is 0 Å².